The van der Waals surface area contributed by atoms with Crippen LogP contribution < -0.4 is 9.47 Å². The number of hydrogen-bond acceptors (Lipinski definition) is 3. The summed E-state index contributed by atoms with van der Waals surface area (Å²) in [5.41, 5.74) is 5.77. The summed E-state index contributed by atoms with van der Waals surface area (Å²) in [6, 6.07) is 22.4. The Kier molecular flexibility index (Phi) is 5.02. The van der Waals surface area contributed by atoms with Crippen molar-refractivity contribution < 1.29 is 9.47 Å². The number of hydrogen-bond donors (Lipinski definition) is 0. The molecule has 0 spiro atoms. The topological polar surface area (TPSA) is 36.3 Å². The maximum atomic E-state index is 5.96. The molecule has 0 fully saturated rings. The maximum Gasteiger partial charge on any atom is 0.141 e. The van der Waals surface area contributed by atoms with E-state index in [0.29, 0.717) is 6.61 Å². The van der Waals surface area contributed by atoms with Gasteiger partial charge in [-0.3, -0.25) is 0 Å². The summed E-state index contributed by atoms with van der Waals surface area (Å²) in [4.78, 5) is 4.91. The fourth-order valence-electron chi connectivity index (χ4n) is 3.50. The lowest BCUT2D eigenvalue weighted by Gasteiger charge is -2.13. The first-order chi connectivity index (χ1) is 13.7. The van der Waals surface area contributed by atoms with Gasteiger partial charge < -0.3 is 14.0 Å². The highest BCUT2D eigenvalue weighted by Gasteiger charge is 2.14. The van der Waals surface area contributed by atoms with E-state index in [1.807, 2.05) is 30.3 Å². The van der Waals surface area contributed by atoms with Crippen LogP contribution in [0.1, 0.15) is 11.1 Å². The summed E-state index contributed by atoms with van der Waals surface area (Å²) in [7, 11) is 1.66. The monoisotopic (exact) mass is 372 g/mol. The number of imidazole rings is 1. The minimum atomic E-state index is 0.560. The van der Waals surface area contributed by atoms with Gasteiger partial charge in [-0.15, -0.1) is 0 Å². The molecule has 0 aliphatic heterocycles. The molecule has 28 heavy (non-hydrogen) atoms. The first-order valence-electron chi connectivity index (χ1n) is 9.45. The molecule has 1 heterocycles. The molecule has 1 aromatic heterocycles. The van der Waals surface area contributed by atoms with E-state index >= 15 is 0 Å². The van der Waals surface area contributed by atoms with Crippen LogP contribution in [0.15, 0.2) is 66.7 Å². The summed E-state index contributed by atoms with van der Waals surface area (Å²) in [5, 5.41) is 0. The number of methoxy groups -OCH3 is 1. The maximum absolute atomic E-state index is 5.96. The molecule has 4 heteroatoms. The van der Waals surface area contributed by atoms with Crippen molar-refractivity contribution in [1.82, 2.24) is 9.55 Å². The first-order valence-corrected chi connectivity index (χ1v) is 9.45. The van der Waals surface area contributed by atoms with Crippen LogP contribution in [0.4, 0.5) is 0 Å². The van der Waals surface area contributed by atoms with Crippen molar-refractivity contribution in [3.05, 3.63) is 77.9 Å². The molecule has 0 unspecified atom stereocenters. The Bertz CT molecular complexity index is 1100. The van der Waals surface area contributed by atoms with Crippen molar-refractivity contribution >= 4 is 11.0 Å². The van der Waals surface area contributed by atoms with Gasteiger partial charge in [-0.05, 0) is 55.8 Å². The largest absolute Gasteiger partial charge is 0.497 e. The molecule has 4 rings (SSSR count). The van der Waals surface area contributed by atoms with Gasteiger partial charge in [-0.1, -0.05) is 35.9 Å². The van der Waals surface area contributed by atoms with Gasteiger partial charge in [0.25, 0.3) is 0 Å². The molecule has 0 aliphatic rings. The molecule has 0 bridgehead atoms. The molecule has 3 aromatic carbocycles. The summed E-state index contributed by atoms with van der Waals surface area (Å²) in [6.07, 6.45) is 0. The van der Waals surface area contributed by atoms with Crippen molar-refractivity contribution in [1.29, 1.82) is 0 Å². The van der Waals surface area contributed by atoms with Gasteiger partial charge in [-0.2, -0.15) is 0 Å². The third kappa shape index (κ3) is 3.58. The zero-order chi connectivity index (χ0) is 19.5. The predicted octanol–water partition coefficient (Wildman–Crippen LogP) is 5.41. The number of fused-ring (bicyclic) bond motifs is 1. The van der Waals surface area contributed by atoms with Gasteiger partial charge in [0.1, 0.15) is 23.9 Å². The molecule has 0 amide bonds. The normalized spacial score (nSPS) is 11.0. The first kappa shape index (κ1) is 18.1. The highest BCUT2D eigenvalue weighted by atomic mass is 16.5. The van der Waals surface area contributed by atoms with E-state index in [2.05, 4.69) is 54.8 Å². The van der Waals surface area contributed by atoms with E-state index in [0.717, 1.165) is 40.5 Å². The van der Waals surface area contributed by atoms with Crippen LogP contribution in [-0.2, 0) is 6.54 Å². The number of para-hydroxylation sites is 2. The van der Waals surface area contributed by atoms with E-state index in [4.69, 9.17) is 14.5 Å². The summed E-state index contributed by atoms with van der Waals surface area (Å²) < 4.78 is 13.4. The van der Waals surface area contributed by atoms with Crippen LogP contribution in [0, 0.1) is 13.8 Å². The molecule has 0 saturated heterocycles. The molecular weight excluding hydrogens is 348 g/mol. The number of nitrogens with zero attached hydrogens (tertiary/aromatic N) is 2. The van der Waals surface area contributed by atoms with Gasteiger partial charge in [0.15, 0.2) is 0 Å². The molecule has 4 nitrogen and oxygen atoms in total. The van der Waals surface area contributed by atoms with Crippen molar-refractivity contribution in [2.24, 2.45) is 0 Å². The van der Waals surface area contributed by atoms with Crippen LogP contribution in [0.25, 0.3) is 22.4 Å². The van der Waals surface area contributed by atoms with E-state index in [1.54, 1.807) is 7.11 Å². The average molecular weight is 372 g/mol. The van der Waals surface area contributed by atoms with Gasteiger partial charge >= 0.3 is 0 Å². The zero-order valence-corrected chi connectivity index (χ0v) is 16.5. The Morgan fingerprint density at radius 3 is 2.39 bits per heavy atom. The molecule has 0 aliphatic carbocycles. The molecule has 142 valence electrons. The van der Waals surface area contributed by atoms with Crippen molar-refractivity contribution in [2.45, 2.75) is 20.4 Å². The minimum absolute atomic E-state index is 0.560. The van der Waals surface area contributed by atoms with E-state index in [-0.39, 0.29) is 0 Å². The standard InChI is InChI=1S/C24H24N2O2/c1-17-8-13-21(18(2)16-17)24-25-22-6-4-5-7-23(22)26(24)14-15-28-20-11-9-19(27-3)10-12-20/h4-13,16H,14-15H2,1-3H3. The van der Waals surface area contributed by atoms with Crippen LogP contribution in [0.5, 0.6) is 11.5 Å². The lowest BCUT2D eigenvalue weighted by Crippen LogP contribution is -2.10. The van der Waals surface area contributed by atoms with Crippen LogP contribution >= 0.6 is 0 Å². The summed E-state index contributed by atoms with van der Waals surface area (Å²) in [6.45, 7) is 5.53. The molecule has 4 aromatic rings. The highest BCUT2D eigenvalue weighted by molar-refractivity contribution is 5.81. The molecular formula is C24H24N2O2. The Morgan fingerprint density at radius 1 is 0.893 bits per heavy atom. The predicted molar refractivity (Wildman–Crippen MR) is 113 cm³/mol. The second-order valence-corrected chi connectivity index (χ2v) is 6.92. The molecule has 0 N–H and O–H groups in total. The fourth-order valence-corrected chi connectivity index (χ4v) is 3.50. The minimum Gasteiger partial charge on any atom is -0.497 e. The van der Waals surface area contributed by atoms with Gasteiger partial charge in [0.05, 0.1) is 24.7 Å². The van der Waals surface area contributed by atoms with Gasteiger partial charge in [0.2, 0.25) is 0 Å². The van der Waals surface area contributed by atoms with E-state index < -0.39 is 0 Å². The fraction of sp³-hybridized carbons (Fsp3) is 0.208. The smallest absolute Gasteiger partial charge is 0.141 e. The number of rotatable bonds is 6. The third-order valence-electron chi connectivity index (χ3n) is 4.92. The Labute approximate surface area is 165 Å². The molecule has 0 radical (unpaired) electrons. The quantitative estimate of drug-likeness (QED) is 0.454. The summed E-state index contributed by atoms with van der Waals surface area (Å²) in [5.74, 6) is 2.64. The van der Waals surface area contributed by atoms with Crippen LogP contribution in [0.2, 0.25) is 0 Å². The van der Waals surface area contributed by atoms with Crippen molar-refractivity contribution in [3.63, 3.8) is 0 Å². The third-order valence-corrected chi connectivity index (χ3v) is 4.92. The van der Waals surface area contributed by atoms with Gasteiger partial charge in [0, 0.05) is 5.56 Å². The lowest BCUT2D eigenvalue weighted by atomic mass is 10.1. The Hall–Kier alpha value is -3.27. The van der Waals surface area contributed by atoms with E-state index in [9.17, 15) is 0 Å². The average Bonchev–Trinajstić information content (AvgIpc) is 3.07. The second kappa shape index (κ2) is 7.77. The number of ether oxygens (including phenoxy) is 2. The molecule has 0 atom stereocenters. The van der Waals surface area contributed by atoms with Gasteiger partial charge in [-0.25, -0.2) is 4.98 Å². The van der Waals surface area contributed by atoms with Crippen LogP contribution in [0.3, 0.4) is 0 Å². The SMILES string of the molecule is COc1ccc(OCCn2c(-c3ccc(C)cc3C)nc3ccccc32)cc1. The number of aryl methyl sites for hydroxylation is 2. The van der Waals surface area contributed by atoms with Crippen LogP contribution in [-0.4, -0.2) is 23.3 Å². The summed E-state index contributed by atoms with van der Waals surface area (Å²) >= 11 is 0. The van der Waals surface area contributed by atoms with Crippen molar-refractivity contribution in [2.75, 3.05) is 13.7 Å². The number of benzene rings is 3. The lowest BCUT2D eigenvalue weighted by molar-refractivity contribution is 0.300. The van der Waals surface area contributed by atoms with E-state index in [1.165, 1.54) is 11.1 Å². The highest BCUT2D eigenvalue weighted by Crippen LogP contribution is 2.28. The number of aromatic nitrogens is 2. The molecule has 0 saturated carbocycles. The Balaban J connectivity index is 1.63. The second-order valence-electron chi connectivity index (χ2n) is 6.92. The van der Waals surface area contributed by atoms with Crippen molar-refractivity contribution in [3.8, 4) is 22.9 Å². The Morgan fingerprint density at radius 2 is 1.64 bits per heavy atom. The zero-order valence-electron chi connectivity index (χ0n) is 16.5.